The molecule has 9 heteroatoms. The van der Waals surface area contributed by atoms with Crippen LogP contribution in [0.15, 0.2) is 30.3 Å². The molecule has 2 aromatic rings. The fourth-order valence-corrected chi connectivity index (χ4v) is 3.48. The van der Waals surface area contributed by atoms with Gasteiger partial charge in [0, 0.05) is 25.7 Å². The van der Waals surface area contributed by atoms with Crippen LogP contribution in [0, 0.1) is 10.8 Å². The Morgan fingerprint density at radius 1 is 1.26 bits per heavy atom. The molecule has 1 aliphatic rings. The Labute approximate surface area is 167 Å². The zero-order valence-corrected chi connectivity index (χ0v) is 16.3. The Kier molecular flexibility index (Phi) is 5.82. The summed E-state index contributed by atoms with van der Waals surface area (Å²) in [4.78, 5) is 16.6. The second-order valence-corrected chi connectivity index (χ2v) is 7.27. The van der Waals surface area contributed by atoms with Crippen molar-refractivity contribution < 1.29 is 4.79 Å². The number of nitrogens with zero attached hydrogens (tertiary/aromatic N) is 4. The molecule has 1 fully saturated rings. The van der Waals surface area contributed by atoms with Crippen LogP contribution in [-0.2, 0) is 11.2 Å². The molecule has 3 rings (SSSR count). The molecule has 0 radical (unpaired) electrons. The van der Waals surface area contributed by atoms with Gasteiger partial charge in [0.15, 0.2) is 0 Å². The molecule has 0 bridgehead atoms. The Morgan fingerprint density at radius 2 is 2.04 bits per heavy atom. The highest BCUT2D eigenvalue weighted by molar-refractivity contribution is 6.42. The summed E-state index contributed by atoms with van der Waals surface area (Å²) in [5.41, 5.74) is 0.987. The molecule has 2 N–H and O–H groups in total. The normalized spacial score (nSPS) is 17.1. The van der Waals surface area contributed by atoms with Crippen molar-refractivity contribution in [2.24, 2.45) is 0 Å². The number of nitrogens with one attached hydrogen (secondary N) is 2. The predicted molar refractivity (Wildman–Crippen MR) is 106 cm³/mol. The maximum atomic E-state index is 12.7. The van der Waals surface area contributed by atoms with Gasteiger partial charge in [0.05, 0.1) is 16.5 Å². The SMILES string of the molecule is CC1CN(c2ccc(=N)n(C=N)n2)CCN1C(=O)Cc1ccc(Cl)c(Cl)c1. The summed E-state index contributed by atoms with van der Waals surface area (Å²) in [6.07, 6.45) is 1.28. The van der Waals surface area contributed by atoms with E-state index < -0.39 is 0 Å². The van der Waals surface area contributed by atoms with Gasteiger partial charge in [-0.3, -0.25) is 15.6 Å². The van der Waals surface area contributed by atoms with Crippen LogP contribution in [0.4, 0.5) is 5.82 Å². The smallest absolute Gasteiger partial charge is 0.227 e. The van der Waals surface area contributed by atoms with E-state index in [0.717, 1.165) is 11.9 Å². The first-order valence-corrected chi connectivity index (χ1v) is 9.28. The molecule has 27 heavy (non-hydrogen) atoms. The number of hydrogen-bond acceptors (Lipinski definition) is 5. The van der Waals surface area contributed by atoms with Gasteiger partial charge in [0.2, 0.25) is 5.91 Å². The molecule has 0 saturated carbocycles. The fraction of sp³-hybridized carbons (Fsp3) is 0.333. The summed E-state index contributed by atoms with van der Waals surface area (Å²) in [7, 11) is 0. The molecule has 1 aliphatic heterocycles. The maximum Gasteiger partial charge on any atom is 0.227 e. The second-order valence-electron chi connectivity index (χ2n) is 6.46. The van der Waals surface area contributed by atoms with E-state index in [1.54, 1.807) is 24.3 Å². The third kappa shape index (κ3) is 4.31. The quantitative estimate of drug-likeness (QED) is 0.603. The number of benzene rings is 1. The van der Waals surface area contributed by atoms with E-state index in [-0.39, 0.29) is 23.9 Å². The third-order valence-corrected chi connectivity index (χ3v) is 5.32. The number of piperazine rings is 1. The van der Waals surface area contributed by atoms with Crippen molar-refractivity contribution in [3.05, 3.63) is 51.4 Å². The van der Waals surface area contributed by atoms with E-state index in [4.69, 9.17) is 34.0 Å². The lowest BCUT2D eigenvalue weighted by atomic mass is 10.1. The van der Waals surface area contributed by atoms with Crippen molar-refractivity contribution >= 4 is 41.3 Å². The molecule has 7 nitrogen and oxygen atoms in total. The van der Waals surface area contributed by atoms with Gasteiger partial charge in [-0.1, -0.05) is 29.3 Å². The van der Waals surface area contributed by atoms with Crippen molar-refractivity contribution in [1.82, 2.24) is 14.7 Å². The van der Waals surface area contributed by atoms with Crippen molar-refractivity contribution in [3.63, 3.8) is 0 Å². The largest absolute Gasteiger partial charge is 0.351 e. The van der Waals surface area contributed by atoms with Crippen LogP contribution in [0.5, 0.6) is 0 Å². The van der Waals surface area contributed by atoms with Gasteiger partial charge in [-0.2, -0.15) is 0 Å². The highest BCUT2D eigenvalue weighted by atomic mass is 35.5. The number of amides is 1. The molecule has 1 unspecified atom stereocenters. The van der Waals surface area contributed by atoms with Crippen LogP contribution < -0.4 is 10.4 Å². The Hall–Kier alpha value is -2.38. The topological polar surface area (TPSA) is 89.1 Å². The predicted octanol–water partition coefficient (Wildman–Crippen LogP) is 2.40. The molecule has 1 saturated heterocycles. The van der Waals surface area contributed by atoms with Crippen LogP contribution in [0.3, 0.4) is 0 Å². The summed E-state index contributed by atoms with van der Waals surface area (Å²) in [6, 6.07) is 8.64. The summed E-state index contributed by atoms with van der Waals surface area (Å²) in [5, 5.41) is 20.2. The van der Waals surface area contributed by atoms with Gasteiger partial charge in [0.1, 0.15) is 17.6 Å². The summed E-state index contributed by atoms with van der Waals surface area (Å²) in [5.74, 6) is 0.738. The Balaban J connectivity index is 1.67. The van der Waals surface area contributed by atoms with E-state index in [1.165, 1.54) is 4.68 Å². The van der Waals surface area contributed by atoms with Crippen LogP contribution in [-0.4, -0.2) is 52.6 Å². The van der Waals surface area contributed by atoms with Gasteiger partial charge in [-0.25, -0.2) is 4.68 Å². The number of halogens is 2. The first kappa shape index (κ1) is 19.4. The molecule has 1 amide bonds. The summed E-state index contributed by atoms with van der Waals surface area (Å²) in [6.45, 7) is 3.86. The van der Waals surface area contributed by atoms with Crippen molar-refractivity contribution in [2.45, 2.75) is 19.4 Å². The Bertz CT molecular complexity index is 928. The van der Waals surface area contributed by atoms with Crippen molar-refractivity contribution in [1.29, 1.82) is 10.8 Å². The molecule has 2 heterocycles. The third-order valence-electron chi connectivity index (χ3n) is 4.58. The number of anilines is 1. The standard InChI is InChI=1S/C18H20Cl2N6O/c1-12-10-24(17-5-4-16(22)26(11-21)23-17)6-7-25(12)18(27)9-13-2-3-14(19)15(20)8-13/h2-5,8,11-12,21-22H,6-7,9-10H2,1H3. The van der Waals surface area contributed by atoms with E-state index in [0.29, 0.717) is 35.5 Å². The minimum Gasteiger partial charge on any atom is -0.351 e. The zero-order chi connectivity index (χ0) is 19.6. The van der Waals surface area contributed by atoms with E-state index >= 15 is 0 Å². The van der Waals surface area contributed by atoms with E-state index in [1.807, 2.05) is 17.9 Å². The number of rotatable bonds is 4. The molecule has 0 aliphatic carbocycles. The van der Waals surface area contributed by atoms with Crippen LogP contribution >= 0.6 is 23.2 Å². The minimum absolute atomic E-state index is 0.0138. The maximum absolute atomic E-state index is 12.7. The minimum atomic E-state index is 0.0138. The average Bonchev–Trinajstić information content (AvgIpc) is 2.65. The first-order valence-electron chi connectivity index (χ1n) is 8.52. The lowest BCUT2D eigenvalue weighted by Gasteiger charge is -2.40. The molecular formula is C18H20Cl2N6O. The number of hydrogen-bond donors (Lipinski definition) is 2. The zero-order valence-electron chi connectivity index (χ0n) is 14.8. The molecule has 1 atom stereocenters. The monoisotopic (exact) mass is 406 g/mol. The van der Waals surface area contributed by atoms with E-state index in [9.17, 15) is 4.79 Å². The highest BCUT2D eigenvalue weighted by Crippen LogP contribution is 2.23. The van der Waals surface area contributed by atoms with Crippen LogP contribution in [0.25, 0.3) is 0 Å². The molecule has 0 spiro atoms. The number of aromatic nitrogens is 2. The van der Waals surface area contributed by atoms with Gasteiger partial charge < -0.3 is 9.80 Å². The van der Waals surface area contributed by atoms with Crippen molar-refractivity contribution in [3.8, 4) is 0 Å². The van der Waals surface area contributed by atoms with Gasteiger partial charge in [-0.05, 0) is 36.8 Å². The van der Waals surface area contributed by atoms with Crippen molar-refractivity contribution in [2.75, 3.05) is 24.5 Å². The summed E-state index contributed by atoms with van der Waals surface area (Å²) >= 11 is 12.0. The van der Waals surface area contributed by atoms with Crippen LogP contribution in [0.2, 0.25) is 10.0 Å². The number of carbonyl (C=O) groups excluding carboxylic acids is 1. The highest BCUT2D eigenvalue weighted by Gasteiger charge is 2.28. The Morgan fingerprint density at radius 3 is 2.70 bits per heavy atom. The summed E-state index contributed by atoms with van der Waals surface area (Å²) < 4.78 is 1.21. The molecule has 1 aromatic carbocycles. The average molecular weight is 407 g/mol. The first-order chi connectivity index (χ1) is 12.9. The lowest BCUT2D eigenvalue weighted by Crippen LogP contribution is -2.54. The lowest BCUT2D eigenvalue weighted by molar-refractivity contribution is -0.132. The number of carbonyl (C=O) groups is 1. The molecule has 1 aromatic heterocycles. The fourth-order valence-electron chi connectivity index (χ4n) is 3.16. The molecule has 142 valence electrons. The van der Waals surface area contributed by atoms with Gasteiger partial charge in [0.25, 0.3) is 0 Å². The second kappa shape index (κ2) is 8.10. The molecular weight excluding hydrogens is 387 g/mol. The van der Waals surface area contributed by atoms with Crippen LogP contribution in [0.1, 0.15) is 12.5 Å². The van der Waals surface area contributed by atoms with Gasteiger partial charge in [-0.15, -0.1) is 5.10 Å². The van der Waals surface area contributed by atoms with E-state index in [2.05, 4.69) is 10.00 Å². The van der Waals surface area contributed by atoms with Gasteiger partial charge >= 0.3 is 0 Å².